The summed E-state index contributed by atoms with van der Waals surface area (Å²) in [6, 6.07) is -0.203. The summed E-state index contributed by atoms with van der Waals surface area (Å²) in [6.07, 6.45) is 0.790. The Labute approximate surface area is 112 Å². The van der Waals surface area contributed by atoms with Gasteiger partial charge in [0.25, 0.3) is 0 Å². The van der Waals surface area contributed by atoms with Gasteiger partial charge in [0, 0.05) is 13.1 Å². The highest BCUT2D eigenvalue weighted by molar-refractivity contribution is 5.75. The van der Waals surface area contributed by atoms with Crippen molar-refractivity contribution < 1.29 is 9.53 Å². The molecule has 0 aromatic heterocycles. The zero-order valence-electron chi connectivity index (χ0n) is 12.9. The number of carbonyl (C=O) groups is 1. The summed E-state index contributed by atoms with van der Waals surface area (Å²) in [5, 5.41) is 3.31. The Bertz CT molecular complexity index is 232. The molecule has 0 aliphatic rings. The number of hydrogen-bond acceptors (Lipinski definition) is 4. The molecule has 108 valence electrons. The third kappa shape index (κ3) is 7.67. The van der Waals surface area contributed by atoms with Crippen LogP contribution in [0.1, 0.15) is 41.0 Å². The molecule has 0 spiro atoms. The minimum atomic E-state index is -0.203. The molecule has 0 aromatic rings. The topological polar surface area (TPSA) is 41.6 Å². The second-order valence-electron chi connectivity index (χ2n) is 5.82. The van der Waals surface area contributed by atoms with Gasteiger partial charge in [0.15, 0.2) is 0 Å². The molecule has 1 N–H and O–H groups in total. The smallest absolute Gasteiger partial charge is 0.322 e. The first-order valence-electron chi connectivity index (χ1n) is 6.87. The van der Waals surface area contributed by atoms with E-state index in [1.165, 1.54) is 7.11 Å². The van der Waals surface area contributed by atoms with E-state index in [0.29, 0.717) is 0 Å². The van der Waals surface area contributed by atoms with Gasteiger partial charge >= 0.3 is 5.97 Å². The summed E-state index contributed by atoms with van der Waals surface area (Å²) in [6.45, 7) is 14.6. The third-order valence-corrected chi connectivity index (χ3v) is 3.02. The first-order chi connectivity index (χ1) is 8.34. The number of rotatable bonds is 8. The molecule has 0 bridgehead atoms. The normalized spacial score (nSPS) is 13.7. The zero-order chi connectivity index (χ0) is 14.2. The molecule has 0 aliphatic carbocycles. The fraction of sp³-hybridized carbons (Fsp3) is 0.929. The van der Waals surface area contributed by atoms with E-state index in [9.17, 15) is 4.79 Å². The molecule has 4 heteroatoms. The Morgan fingerprint density at radius 2 is 1.83 bits per heavy atom. The van der Waals surface area contributed by atoms with Crippen LogP contribution in [0.3, 0.4) is 0 Å². The molecular formula is C14H30N2O2. The van der Waals surface area contributed by atoms with Crippen molar-refractivity contribution >= 4 is 5.97 Å². The van der Waals surface area contributed by atoms with Gasteiger partial charge in [-0.05, 0) is 24.9 Å². The number of ether oxygens (including phenoxy) is 1. The average Bonchev–Trinajstić information content (AvgIpc) is 2.30. The standard InChI is InChI=1S/C14H30N2O2/c1-7-16(8-2)10-9-15-12(13(17)18-6)11-14(3,4)5/h12,15H,7-11H2,1-6H3. The molecule has 1 atom stereocenters. The summed E-state index contributed by atoms with van der Waals surface area (Å²) in [5.74, 6) is -0.163. The summed E-state index contributed by atoms with van der Waals surface area (Å²) in [4.78, 5) is 14.0. The molecule has 0 rings (SSSR count). The van der Waals surface area contributed by atoms with Crippen LogP contribution in [0.2, 0.25) is 0 Å². The molecular weight excluding hydrogens is 228 g/mol. The lowest BCUT2D eigenvalue weighted by atomic mass is 9.88. The van der Waals surface area contributed by atoms with E-state index < -0.39 is 0 Å². The lowest BCUT2D eigenvalue weighted by molar-refractivity contribution is -0.144. The molecule has 0 saturated carbocycles. The number of nitrogens with one attached hydrogen (secondary N) is 1. The molecule has 1 unspecified atom stereocenters. The van der Waals surface area contributed by atoms with E-state index >= 15 is 0 Å². The minimum absolute atomic E-state index is 0.112. The van der Waals surface area contributed by atoms with Crippen molar-refractivity contribution in [3.05, 3.63) is 0 Å². The Balaban J connectivity index is 4.21. The summed E-state index contributed by atoms with van der Waals surface area (Å²) >= 11 is 0. The first-order valence-corrected chi connectivity index (χ1v) is 6.87. The first kappa shape index (κ1) is 17.4. The van der Waals surface area contributed by atoms with Crippen LogP contribution >= 0.6 is 0 Å². The lowest BCUT2D eigenvalue weighted by Crippen LogP contribution is -2.43. The fourth-order valence-corrected chi connectivity index (χ4v) is 1.93. The Hall–Kier alpha value is -0.610. The quantitative estimate of drug-likeness (QED) is 0.675. The Kier molecular flexibility index (Phi) is 8.20. The van der Waals surface area contributed by atoms with E-state index in [2.05, 4.69) is 44.8 Å². The van der Waals surface area contributed by atoms with E-state index in [0.717, 1.165) is 32.6 Å². The molecule has 0 aliphatic heterocycles. The highest BCUT2D eigenvalue weighted by atomic mass is 16.5. The van der Waals surface area contributed by atoms with Crippen LogP contribution in [-0.2, 0) is 9.53 Å². The predicted molar refractivity (Wildman–Crippen MR) is 75.7 cm³/mol. The highest BCUT2D eigenvalue weighted by Crippen LogP contribution is 2.21. The van der Waals surface area contributed by atoms with Crippen LogP contribution in [0, 0.1) is 5.41 Å². The van der Waals surface area contributed by atoms with Crippen LogP contribution in [0.5, 0.6) is 0 Å². The van der Waals surface area contributed by atoms with Crippen molar-refractivity contribution in [1.82, 2.24) is 10.2 Å². The Morgan fingerprint density at radius 3 is 2.22 bits per heavy atom. The van der Waals surface area contributed by atoms with Crippen LogP contribution in [0.25, 0.3) is 0 Å². The van der Waals surface area contributed by atoms with E-state index in [4.69, 9.17) is 4.74 Å². The molecule has 18 heavy (non-hydrogen) atoms. The largest absolute Gasteiger partial charge is 0.468 e. The summed E-state index contributed by atoms with van der Waals surface area (Å²) in [5.41, 5.74) is 0.112. The summed E-state index contributed by atoms with van der Waals surface area (Å²) < 4.78 is 4.85. The van der Waals surface area contributed by atoms with E-state index in [-0.39, 0.29) is 17.4 Å². The maximum absolute atomic E-state index is 11.7. The third-order valence-electron chi connectivity index (χ3n) is 3.02. The van der Waals surface area contributed by atoms with Crippen molar-refractivity contribution in [3.8, 4) is 0 Å². The van der Waals surface area contributed by atoms with E-state index in [1.54, 1.807) is 0 Å². The van der Waals surface area contributed by atoms with Gasteiger partial charge in [0.1, 0.15) is 6.04 Å². The number of likely N-dealkylation sites (N-methyl/N-ethyl adjacent to an activating group) is 1. The molecule has 0 fully saturated rings. The van der Waals surface area contributed by atoms with Gasteiger partial charge in [-0.25, -0.2) is 0 Å². The van der Waals surface area contributed by atoms with Crippen molar-refractivity contribution in [2.24, 2.45) is 5.41 Å². The minimum Gasteiger partial charge on any atom is -0.468 e. The van der Waals surface area contributed by atoms with Crippen molar-refractivity contribution in [3.63, 3.8) is 0 Å². The van der Waals surface area contributed by atoms with Crippen LogP contribution < -0.4 is 5.32 Å². The fourth-order valence-electron chi connectivity index (χ4n) is 1.93. The van der Waals surface area contributed by atoms with Crippen molar-refractivity contribution in [2.75, 3.05) is 33.3 Å². The van der Waals surface area contributed by atoms with Gasteiger partial charge in [-0.1, -0.05) is 34.6 Å². The SMILES string of the molecule is CCN(CC)CCNC(CC(C)(C)C)C(=O)OC. The predicted octanol–water partition coefficient (Wildman–Crippen LogP) is 1.90. The van der Waals surface area contributed by atoms with Crippen LogP contribution in [0.4, 0.5) is 0 Å². The molecule has 4 nitrogen and oxygen atoms in total. The zero-order valence-corrected chi connectivity index (χ0v) is 12.9. The van der Waals surface area contributed by atoms with Crippen molar-refractivity contribution in [2.45, 2.75) is 47.1 Å². The number of methoxy groups -OCH3 is 1. The monoisotopic (exact) mass is 258 g/mol. The average molecular weight is 258 g/mol. The second-order valence-corrected chi connectivity index (χ2v) is 5.82. The van der Waals surface area contributed by atoms with Crippen molar-refractivity contribution in [1.29, 1.82) is 0 Å². The molecule has 0 radical (unpaired) electrons. The molecule has 0 heterocycles. The van der Waals surface area contributed by atoms with Gasteiger partial charge in [0.05, 0.1) is 7.11 Å². The molecule has 0 amide bonds. The number of carbonyl (C=O) groups excluding carboxylic acids is 1. The van der Waals surface area contributed by atoms with E-state index in [1.807, 2.05) is 0 Å². The number of nitrogens with zero attached hydrogens (tertiary/aromatic N) is 1. The van der Waals surface area contributed by atoms with Gasteiger partial charge in [-0.15, -0.1) is 0 Å². The van der Waals surface area contributed by atoms with Gasteiger partial charge in [-0.2, -0.15) is 0 Å². The lowest BCUT2D eigenvalue weighted by Gasteiger charge is -2.26. The Morgan fingerprint density at radius 1 is 1.28 bits per heavy atom. The molecule has 0 aromatic carbocycles. The maximum atomic E-state index is 11.7. The van der Waals surface area contributed by atoms with Crippen LogP contribution in [-0.4, -0.2) is 50.2 Å². The van der Waals surface area contributed by atoms with Gasteiger partial charge < -0.3 is 15.0 Å². The summed E-state index contributed by atoms with van der Waals surface area (Å²) in [7, 11) is 1.45. The molecule has 0 saturated heterocycles. The number of esters is 1. The second kappa shape index (κ2) is 8.48. The highest BCUT2D eigenvalue weighted by Gasteiger charge is 2.25. The maximum Gasteiger partial charge on any atom is 0.322 e. The number of hydrogen-bond donors (Lipinski definition) is 1. The van der Waals surface area contributed by atoms with Gasteiger partial charge in [0.2, 0.25) is 0 Å². The van der Waals surface area contributed by atoms with Crippen LogP contribution in [0.15, 0.2) is 0 Å². The van der Waals surface area contributed by atoms with Gasteiger partial charge in [-0.3, -0.25) is 4.79 Å².